The number of nitrogens with one attached hydrogen (secondary N) is 1. The van der Waals surface area contributed by atoms with Gasteiger partial charge in [0.25, 0.3) is 0 Å². The zero-order chi connectivity index (χ0) is 13.0. The number of nitrogens with zero attached hydrogens (tertiary/aromatic N) is 1. The van der Waals surface area contributed by atoms with E-state index < -0.39 is 0 Å². The van der Waals surface area contributed by atoms with Crippen LogP contribution in [-0.2, 0) is 4.79 Å². The molecule has 1 amide bonds. The van der Waals surface area contributed by atoms with E-state index in [1.54, 1.807) is 18.5 Å². The highest BCUT2D eigenvalue weighted by molar-refractivity contribution is 6.31. The summed E-state index contributed by atoms with van der Waals surface area (Å²) >= 11 is 11.5. The molecule has 0 unspecified atom stereocenters. The van der Waals surface area contributed by atoms with Crippen LogP contribution in [0.5, 0.6) is 0 Å². The smallest absolute Gasteiger partial charge is 0.239 e. The molecule has 1 heterocycles. The number of hydrogen-bond acceptors (Lipinski definition) is 2. The molecule has 2 aromatic rings. The number of benzene rings is 1. The van der Waals surface area contributed by atoms with E-state index >= 15 is 0 Å². The van der Waals surface area contributed by atoms with Gasteiger partial charge in [-0.25, -0.2) is 0 Å². The van der Waals surface area contributed by atoms with Crippen LogP contribution in [0, 0.1) is 0 Å². The highest BCUT2D eigenvalue weighted by Crippen LogP contribution is 2.26. The molecule has 0 fully saturated rings. The number of rotatable bonds is 3. The summed E-state index contributed by atoms with van der Waals surface area (Å²) in [5, 5.41) is 3.22. The van der Waals surface area contributed by atoms with E-state index in [1.807, 2.05) is 24.3 Å². The number of carbonyl (C=O) groups is 1. The van der Waals surface area contributed by atoms with E-state index in [2.05, 4.69) is 10.3 Å². The van der Waals surface area contributed by atoms with E-state index in [4.69, 9.17) is 23.2 Å². The first kappa shape index (κ1) is 12.9. The topological polar surface area (TPSA) is 42.0 Å². The molecule has 18 heavy (non-hydrogen) atoms. The number of carbonyl (C=O) groups excluding carboxylic acids is 1. The lowest BCUT2D eigenvalue weighted by molar-refractivity contribution is -0.113. The molecule has 1 N–H and O–H groups in total. The fourth-order valence-corrected chi connectivity index (χ4v) is 1.87. The van der Waals surface area contributed by atoms with Crippen molar-refractivity contribution in [3.8, 4) is 11.1 Å². The summed E-state index contributed by atoms with van der Waals surface area (Å²) in [5.41, 5.74) is 2.52. The normalized spacial score (nSPS) is 10.1. The van der Waals surface area contributed by atoms with Gasteiger partial charge in [-0.2, -0.15) is 0 Å². The van der Waals surface area contributed by atoms with Crippen molar-refractivity contribution in [2.75, 3.05) is 11.2 Å². The van der Waals surface area contributed by atoms with Crippen LogP contribution in [0.2, 0.25) is 5.02 Å². The molecular formula is C13H10Cl2N2O. The molecule has 1 aromatic carbocycles. The Bertz CT molecular complexity index is 558. The van der Waals surface area contributed by atoms with Crippen molar-refractivity contribution in [3.05, 3.63) is 47.7 Å². The predicted octanol–water partition coefficient (Wildman–Crippen LogP) is 3.58. The Labute approximate surface area is 115 Å². The first-order valence-corrected chi connectivity index (χ1v) is 6.17. The second-order valence-corrected chi connectivity index (χ2v) is 4.35. The van der Waals surface area contributed by atoms with Gasteiger partial charge in [0.15, 0.2) is 0 Å². The van der Waals surface area contributed by atoms with Crippen LogP contribution in [0.15, 0.2) is 42.7 Å². The van der Waals surface area contributed by atoms with E-state index in [0.29, 0.717) is 10.7 Å². The Morgan fingerprint density at radius 2 is 1.89 bits per heavy atom. The first-order chi connectivity index (χ1) is 8.69. The molecular weight excluding hydrogens is 271 g/mol. The van der Waals surface area contributed by atoms with Gasteiger partial charge in [0.2, 0.25) is 5.91 Å². The van der Waals surface area contributed by atoms with Crippen LogP contribution in [0.3, 0.4) is 0 Å². The summed E-state index contributed by atoms with van der Waals surface area (Å²) in [6.45, 7) is 0. The average molecular weight is 281 g/mol. The van der Waals surface area contributed by atoms with Crippen LogP contribution in [0.25, 0.3) is 11.1 Å². The lowest BCUT2D eigenvalue weighted by Gasteiger charge is -2.07. The Balaban J connectivity index is 2.35. The van der Waals surface area contributed by atoms with E-state index in [1.165, 1.54) is 0 Å². The summed E-state index contributed by atoms with van der Waals surface area (Å²) in [5.74, 6) is -0.350. The fraction of sp³-hybridized carbons (Fsp3) is 0.0769. The quantitative estimate of drug-likeness (QED) is 0.874. The van der Waals surface area contributed by atoms with Gasteiger partial charge in [-0.15, -0.1) is 11.6 Å². The van der Waals surface area contributed by atoms with Crippen LogP contribution >= 0.6 is 23.2 Å². The summed E-state index contributed by atoms with van der Waals surface area (Å²) < 4.78 is 0. The molecule has 0 spiro atoms. The molecule has 1 aromatic heterocycles. The third-order valence-electron chi connectivity index (χ3n) is 2.32. The number of hydrogen-bond donors (Lipinski definition) is 1. The van der Waals surface area contributed by atoms with Gasteiger partial charge in [0.05, 0.1) is 0 Å². The second-order valence-electron chi connectivity index (χ2n) is 3.65. The Morgan fingerprint density at radius 1 is 1.17 bits per heavy atom. The zero-order valence-electron chi connectivity index (χ0n) is 9.36. The minimum atomic E-state index is -0.264. The number of amides is 1. The number of halogens is 2. The molecule has 0 bridgehead atoms. The third-order valence-corrected chi connectivity index (χ3v) is 2.78. The van der Waals surface area contributed by atoms with E-state index in [0.717, 1.165) is 11.1 Å². The SMILES string of the molecule is O=C(CCl)Nc1cc(Cl)cc(-c2ccncc2)c1. The van der Waals surface area contributed by atoms with Gasteiger partial charge in [-0.05, 0) is 41.5 Å². The summed E-state index contributed by atoms with van der Waals surface area (Å²) in [7, 11) is 0. The van der Waals surface area contributed by atoms with Crippen LogP contribution in [-0.4, -0.2) is 16.8 Å². The van der Waals surface area contributed by atoms with Crippen molar-refractivity contribution in [3.63, 3.8) is 0 Å². The molecule has 0 radical (unpaired) electrons. The number of anilines is 1. The van der Waals surface area contributed by atoms with Gasteiger partial charge in [0, 0.05) is 23.1 Å². The van der Waals surface area contributed by atoms with Crippen molar-refractivity contribution < 1.29 is 4.79 Å². The molecule has 0 saturated heterocycles. The maximum absolute atomic E-state index is 11.2. The van der Waals surface area contributed by atoms with E-state index in [-0.39, 0.29) is 11.8 Å². The molecule has 0 aliphatic rings. The number of pyridine rings is 1. The lowest BCUT2D eigenvalue weighted by atomic mass is 10.1. The van der Waals surface area contributed by atoms with Gasteiger partial charge in [-0.1, -0.05) is 11.6 Å². The second kappa shape index (κ2) is 5.85. The molecule has 2 rings (SSSR count). The van der Waals surface area contributed by atoms with Crippen LogP contribution in [0.4, 0.5) is 5.69 Å². The molecule has 0 saturated carbocycles. The van der Waals surface area contributed by atoms with Crippen molar-refractivity contribution in [1.82, 2.24) is 4.98 Å². The van der Waals surface area contributed by atoms with Crippen molar-refractivity contribution in [2.45, 2.75) is 0 Å². The number of alkyl halides is 1. The van der Waals surface area contributed by atoms with E-state index in [9.17, 15) is 4.79 Å². The summed E-state index contributed by atoms with van der Waals surface area (Å²) in [6.07, 6.45) is 3.40. The summed E-state index contributed by atoms with van der Waals surface area (Å²) in [6, 6.07) is 9.09. The molecule has 0 atom stereocenters. The van der Waals surface area contributed by atoms with Crippen molar-refractivity contribution in [2.24, 2.45) is 0 Å². The van der Waals surface area contributed by atoms with Gasteiger partial charge < -0.3 is 5.32 Å². The standard InChI is InChI=1S/C13H10Cl2N2O/c14-8-13(18)17-12-6-10(5-11(15)7-12)9-1-3-16-4-2-9/h1-7H,8H2,(H,17,18). The van der Waals surface area contributed by atoms with Gasteiger partial charge in [-0.3, -0.25) is 9.78 Å². The minimum absolute atomic E-state index is 0.0862. The monoisotopic (exact) mass is 280 g/mol. The molecule has 3 nitrogen and oxygen atoms in total. The molecule has 0 aliphatic heterocycles. The van der Waals surface area contributed by atoms with Crippen molar-refractivity contribution in [1.29, 1.82) is 0 Å². The summed E-state index contributed by atoms with van der Waals surface area (Å²) in [4.78, 5) is 15.2. The average Bonchev–Trinajstić information content (AvgIpc) is 2.39. The highest BCUT2D eigenvalue weighted by Gasteiger charge is 2.05. The molecule has 92 valence electrons. The lowest BCUT2D eigenvalue weighted by Crippen LogP contribution is -2.12. The Hall–Kier alpha value is -1.58. The largest absolute Gasteiger partial charge is 0.325 e. The number of aromatic nitrogens is 1. The molecule has 5 heteroatoms. The minimum Gasteiger partial charge on any atom is -0.325 e. The van der Waals surface area contributed by atoms with Crippen molar-refractivity contribution >= 4 is 34.8 Å². The Kier molecular flexibility index (Phi) is 4.18. The highest BCUT2D eigenvalue weighted by atomic mass is 35.5. The maximum atomic E-state index is 11.2. The fourth-order valence-electron chi connectivity index (χ4n) is 1.57. The Morgan fingerprint density at radius 3 is 2.56 bits per heavy atom. The first-order valence-electron chi connectivity index (χ1n) is 5.26. The van der Waals surface area contributed by atoms with Crippen LogP contribution in [0.1, 0.15) is 0 Å². The van der Waals surface area contributed by atoms with Gasteiger partial charge in [0.1, 0.15) is 5.88 Å². The zero-order valence-corrected chi connectivity index (χ0v) is 10.9. The van der Waals surface area contributed by atoms with Crippen LogP contribution < -0.4 is 5.32 Å². The molecule has 0 aliphatic carbocycles. The van der Waals surface area contributed by atoms with Gasteiger partial charge >= 0.3 is 0 Å². The predicted molar refractivity (Wildman–Crippen MR) is 74.0 cm³/mol. The maximum Gasteiger partial charge on any atom is 0.239 e. The third kappa shape index (κ3) is 3.22.